The average molecular weight is 256 g/mol. The quantitative estimate of drug-likeness (QED) is 0.735. The lowest BCUT2D eigenvalue weighted by atomic mass is 10.1. The Hall–Kier alpha value is -2.63. The first-order valence-electron chi connectivity index (χ1n) is 5.81. The van der Waals surface area contributed by atoms with Crippen molar-refractivity contribution in [3.63, 3.8) is 0 Å². The van der Waals surface area contributed by atoms with Crippen LogP contribution in [0.2, 0.25) is 0 Å². The molecule has 0 saturated carbocycles. The maximum absolute atomic E-state index is 11.2. The minimum absolute atomic E-state index is 0.112. The van der Waals surface area contributed by atoms with E-state index >= 15 is 0 Å². The molecule has 2 N–H and O–H groups in total. The van der Waals surface area contributed by atoms with Gasteiger partial charge in [0, 0.05) is 5.56 Å². The Labute approximate surface area is 108 Å². The zero-order valence-corrected chi connectivity index (χ0v) is 10.5. The second-order valence-corrected chi connectivity index (χ2v) is 4.42. The number of aromatic nitrogens is 4. The third-order valence-corrected chi connectivity index (χ3v) is 2.99. The lowest BCUT2D eigenvalue weighted by Crippen LogP contribution is -2.04. The number of rotatable bonds is 2. The van der Waals surface area contributed by atoms with Crippen molar-refractivity contribution in [3.8, 4) is 11.4 Å². The van der Waals surface area contributed by atoms with Crippen molar-refractivity contribution < 1.29 is 9.90 Å². The van der Waals surface area contributed by atoms with Crippen molar-refractivity contribution in [2.24, 2.45) is 0 Å². The first-order valence-corrected chi connectivity index (χ1v) is 5.81. The molecular formula is C13H12N4O2. The van der Waals surface area contributed by atoms with E-state index in [0.29, 0.717) is 17.3 Å². The Bertz CT molecular complexity index is 768. The molecule has 0 unspecified atom stereocenters. The van der Waals surface area contributed by atoms with Gasteiger partial charge in [-0.25, -0.2) is 14.3 Å². The number of benzene rings is 1. The molecule has 6 nitrogen and oxygen atoms in total. The fourth-order valence-corrected chi connectivity index (χ4v) is 2.02. The Balaban J connectivity index is 2.17. The number of hydrogen-bond donors (Lipinski definition) is 2. The number of carbonyl (C=O) groups is 1. The summed E-state index contributed by atoms with van der Waals surface area (Å²) in [5.74, 6) is -0.0559. The van der Waals surface area contributed by atoms with E-state index in [-0.39, 0.29) is 5.69 Å². The first kappa shape index (κ1) is 11.5. The Morgan fingerprint density at radius 3 is 2.53 bits per heavy atom. The van der Waals surface area contributed by atoms with Crippen LogP contribution in [0.15, 0.2) is 24.3 Å². The van der Waals surface area contributed by atoms with Gasteiger partial charge in [0.2, 0.25) is 0 Å². The van der Waals surface area contributed by atoms with E-state index in [1.807, 2.05) is 31.2 Å². The molecule has 0 aliphatic heterocycles. The van der Waals surface area contributed by atoms with Crippen LogP contribution in [-0.2, 0) is 0 Å². The zero-order valence-electron chi connectivity index (χ0n) is 10.5. The van der Waals surface area contributed by atoms with E-state index in [4.69, 9.17) is 5.11 Å². The summed E-state index contributed by atoms with van der Waals surface area (Å²) in [4.78, 5) is 19.6. The fourth-order valence-electron chi connectivity index (χ4n) is 2.02. The number of carboxylic acid groups (broad SMARTS) is 1. The molecule has 0 bridgehead atoms. The summed E-state index contributed by atoms with van der Waals surface area (Å²) in [7, 11) is 0. The molecule has 0 aliphatic rings. The summed E-state index contributed by atoms with van der Waals surface area (Å²) in [5, 5.41) is 12.1. The van der Waals surface area contributed by atoms with Crippen LogP contribution >= 0.6 is 0 Å². The number of aromatic amines is 1. The highest BCUT2D eigenvalue weighted by Crippen LogP contribution is 2.18. The SMILES string of the molecule is Cc1ccc(-c2nc3nc(C)c(C(=O)O)n3[nH]2)cc1. The predicted molar refractivity (Wildman–Crippen MR) is 69.2 cm³/mol. The second-order valence-electron chi connectivity index (χ2n) is 4.42. The van der Waals surface area contributed by atoms with E-state index in [1.165, 1.54) is 4.52 Å². The molecule has 96 valence electrons. The molecule has 0 fully saturated rings. The van der Waals surface area contributed by atoms with E-state index in [1.54, 1.807) is 6.92 Å². The van der Waals surface area contributed by atoms with Gasteiger partial charge in [-0.1, -0.05) is 29.8 Å². The van der Waals surface area contributed by atoms with Crippen LogP contribution < -0.4 is 0 Å². The molecule has 6 heteroatoms. The minimum atomic E-state index is -1.02. The lowest BCUT2D eigenvalue weighted by molar-refractivity contribution is 0.0687. The third kappa shape index (κ3) is 1.77. The molecule has 0 amide bonds. The normalized spacial score (nSPS) is 11.1. The van der Waals surface area contributed by atoms with E-state index < -0.39 is 5.97 Å². The maximum atomic E-state index is 11.2. The minimum Gasteiger partial charge on any atom is -0.476 e. The summed E-state index contributed by atoms with van der Waals surface area (Å²) in [5.41, 5.74) is 2.61. The summed E-state index contributed by atoms with van der Waals surface area (Å²) in [6, 6.07) is 7.82. The second kappa shape index (κ2) is 3.94. The van der Waals surface area contributed by atoms with Crippen LogP contribution in [0.25, 0.3) is 17.2 Å². The van der Waals surface area contributed by atoms with Gasteiger partial charge in [0.25, 0.3) is 5.78 Å². The molecule has 3 rings (SSSR count). The Kier molecular flexibility index (Phi) is 2.38. The van der Waals surface area contributed by atoms with Gasteiger partial charge in [0.1, 0.15) is 0 Å². The van der Waals surface area contributed by atoms with Crippen molar-refractivity contribution in [1.82, 2.24) is 19.6 Å². The number of imidazole rings is 1. The van der Waals surface area contributed by atoms with Crippen LogP contribution in [0, 0.1) is 13.8 Å². The highest BCUT2D eigenvalue weighted by Gasteiger charge is 2.18. The van der Waals surface area contributed by atoms with E-state index in [0.717, 1.165) is 11.1 Å². The number of hydrogen-bond acceptors (Lipinski definition) is 3. The topological polar surface area (TPSA) is 83.3 Å². The molecule has 0 radical (unpaired) electrons. The molecule has 19 heavy (non-hydrogen) atoms. The van der Waals surface area contributed by atoms with Gasteiger partial charge >= 0.3 is 5.97 Å². The molecular weight excluding hydrogens is 244 g/mol. The van der Waals surface area contributed by atoms with Gasteiger partial charge in [-0.3, -0.25) is 5.10 Å². The molecule has 1 aromatic carbocycles. The van der Waals surface area contributed by atoms with Crippen molar-refractivity contribution in [2.45, 2.75) is 13.8 Å². The molecule has 0 spiro atoms. The van der Waals surface area contributed by atoms with Gasteiger partial charge < -0.3 is 5.11 Å². The number of aryl methyl sites for hydroxylation is 2. The number of nitrogens with zero attached hydrogens (tertiary/aromatic N) is 3. The van der Waals surface area contributed by atoms with Crippen LogP contribution in [-0.4, -0.2) is 30.7 Å². The first-order chi connectivity index (χ1) is 9.06. The number of nitrogens with one attached hydrogen (secondary N) is 1. The van der Waals surface area contributed by atoms with Gasteiger partial charge in [0.05, 0.1) is 5.69 Å². The number of fused-ring (bicyclic) bond motifs is 1. The highest BCUT2D eigenvalue weighted by molar-refractivity contribution is 5.88. The average Bonchev–Trinajstić information content (AvgIpc) is 2.85. The smallest absolute Gasteiger partial charge is 0.356 e. The summed E-state index contributed by atoms with van der Waals surface area (Å²) >= 11 is 0. The van der Waals surface area contributed by atoms with Crippen LogP contribution in [0.4, 0.5) is 0 Å². The number of carboxylic acids is 1. The standard InChI is InChI=1S/C13H12N4O2/c1-7-3-5-9(6-4-7)11-15-13-14-8(2)10(12(18)19)17(13)16-11/h3-6H,1-2H3,(H,18,19)(H,14,15,16). The van der Waals surface area contributed by atoms with Crippen molar-refractivity contribution in [2.75, 3.05) is 0 Å². The summed E-state index contributed by atoms with van der Waals surface area (Å²) < 4.78 is 1.40. The molecule has 2 aromatic heterocycles. The number of aromatic carboxylic acids is 1. The largest absolute Gasteiger partial charge is 0.476 e. The van der Waals surface area contributed by atoms with E-state index in [2.05, 4.69) is 15.1 Å². The monoisotopic (exact) mass is 256 g/mol. The molecule has 3 aromatic rings. The van der Waals surface area contributed by atoms with Crippen LogP contribution in [0.3, 0.4) is 0 Å². The van der Waals surface area contributed by atoms with Crippen LogP contribution in [0.5, 0.6) is 0 Å². The Morgan fingerprint density at radius 2 is 1.89 bits per heavy atom. The fraction of sp³-hybridized carbons (Fsp3) is 0.154. The van der Waals surface area contributed by atoms with E-state index in [9.17, 15) is 4.79 Å². The Morgan fingerprint density at radius 1 is 1.21 bits per heavy atom. The lowest BCUT2D eigenvalue weighted by Gasteiger charge is -1.97. The van der Waals surface area contributed by atoms with Crippen molar-refractivity contribution >= 4 is 11.7 Å². The van der Waals surface area contributed by atoms with Gasteiger partial charge in [-0.15, -0.1) is 0 Å². The molecule has 2 heterocycles. The highest BCUT2D eigenvalue weighted by atomic mass is 16.4. The maximum Gasteiger partial charge on any atom is 0.356 e. The summed E-state index contributed by atoms with van der Waals surface area (Å²) in [6.07, 6.45) is 0. The molecule has 0 saturated heterocycles. The van der Waals surface area contributed by atoms with Gasteiger partial charge in [-0.05, 0) is 13.8 Å². The molecule has 0 atom stereocenters. The van der Waals surface area contributed by atoms with Crippen molar-refractivity contribution in [3.05, 3.63) is 41.2 Å². The molecule has 0 aliphatic carbocycles. The number of H-pyrrole nitrogens is 1. The van der Waals surface area contributed by atoms with Gasteiger partial charge in [-0.2, -0.15) is 4.98 Å². The summed E-state index contributed by atoms with van der Waals surface area (Å²) in [6.45, 7) is 3.65. The van der Waals surface area contributed by atoms with Crippen molar-refractivity contribution in [1.29, 1.82) is 0 Å². The third-order valence-electron chi connectivity index (χ3n) is 2.99. The van der Waals surface area contributed by atoms with Gasteiger partial charge in [0.15, 0.2) is 11.5 Å². The van der Waals surface area contributed by atoms with Crippen LogP contribution in [0.1, 0.15) is 21.7 Å². The zero-order chi connectivity index (χ0) is 13.6. The predicted octanol–water partition coefficient (Wildman–Crippen LogP) is 2.04.